The van der Waals surface area contributed by atoms with E-state index in [9.17, 15) is 14.0 Å². The van der Waals surface area contributed by atoms with Gasteiger partial charge in [-0.05, 0) is 38.1 Å². The van der Waals surface area contributed by atoms with E-state index in [0.29, 0.717) is 10.9 Å². The molecule has 1 heterocycles. The lowest BCUT2D eigenvalue weighted by Gasteiger charge is -2.13. The monoisotopic (exact) mass is 233 g/mol. The molecular weight excluding hydrogens is 221 g/mol. The van der Waals surface area contributed by atoms with Crippen LogP contribution in [0.1, 0.15) is 19.9 Å². The zero-order valence-corrected chi connectivity index (χ0v) is 9.61. The van der Waals surface area contributed by atoms with Crippen LogP contribution in [0.25, 0.3) is 10.9 Å². The molecule has 2 rings (SSSR count). The van der Waals surface area contributed by atoms with E-state index in [1.54, 1.807) is 22.9 Å². The number of benzene rings is 1. The maximum Gasteiger partial charge on any atom is 0.160 e. The molecule has 4 heteroatoms. The van der Waals surface area contributed by atoms with Gasteiger partial charge in [-0.15, -0.1) is 0 Å². The molecule has 0 saturated carbocycles. The molecule has 0 bridgehead atoms. The van der Waals surface area contributed by atoms with E-state index in [4.69, 9.17) is 0 Å². The minimum absolute atomic E-state index is 0.223. The van der Waals surface area contributed by atoms with Gasteiger partial charge in [-0.3, -0.25) is 9.59 Å². The third-order valence-corrected chi connectivity index (χ3v) is 2.73. The fourth-order valence-corrected chi connectivity index (χ4v) is 2.04. The summed E-state index contributed by atoms with van der Waals surface area (Å²) in [6.07, 6.45) is 1.64. The maximum absolute atomic E-state index is 13.0. The van der Waals surface area contributed by atoms with E-state index in [1.165, 1.54) is 26.0 Å². The van der Waals surface area contributed by atoms with Crippen molar-refractivity contribution in [1.82, 2.24) is 4.57 Å². The van der Waals surface area contributed by atoms with E-state index in [0.717, 1.165) is 0 Å². The molecular formula is C13H12FNO2. The maximum atomic E-state index is 13.0. The summed E-state index contributed by atoms with van der Waals surface area (Å²) < 4.78 is 14.6. The number of nitrogens with zero attached hydrogens (tertiary/aromatic N) is 1. The average molecular weight is 233 g/mol. The number of hydrogen-bond donors (Lipinski definition) is 0. The largest absolute Gasteiger partial charge is 0.330 e. The van der Waals surface area contributed by atoms with Crippen LogP contribution in [-0.2, 0) is 9.59 Å². The summed E-state index contributed by atoms with van der Waals surface area (Å²) >= 11 is 0. The average Bonchev–Trinajstić information content (AvgIpc) is 2.60. The zero-order chi connectivity index (χ0) is 12.6. The summed E-state index contributed by atoms with van der Waals surface area (Å²) in [5, 5.41) is 0.678. The number of fused-ring (bicyclic) bond motifs is 1. The number of carbonyl (C=O) groups is 2. The van der Waals surface area contributed by atoms with E-state index in [2.05, 4.69) is 0 Å². The third kappa shape index (κ3) is 1.98. The second-order valence-corrected chi connectivity index (χ2v) is 4.05. The van der Waals surface area contributed by atoms with Crippen molar-refractivity contribution in [2.75, 3.05) is 0 Å². The van der Waals surface area contributed by atoms with Gasteiger partial charge in [0.15, 0.2) is 11.6 Å². The van der Waals surface area contributed by atoms with Crippen molar-refractivity contribution < 1.29 is 14.0 Å². The Hall–Kier alpha value is -1.97. The second-order valence-electron chi connectivity index (χ2n) is 4.05. The van der Waals surface area contributed by atoms with Crippen LogP contribution in [0.5, 0.6) is 0 Å². The van der Waals surface area contributed by atoms with Gasteiger partial charge in [0, 0.05) is 17.1 Å². The van der Waals surface area contributed by atoms with Crippen LogP contribution in [0.2, 0.25) is 0 Å². The number of carbonyl (C=O) groups excluding carboxylic acids is 2. The van der Waals surface area contributed by atoms with Crippen molar-refractivity contribution in [3.8, 4) is 0 Å². The van der Waals surface area contributed by atoms with Crippen LogP contribution in [0, 0.1) is 5.82 Å². The number of halogens is 1. The van der Waals surface area contributed by atoms with Crippen molar-refractivity contribution in [3.05, 3.63) is 36.3 Å². The van der Waals surface area contributed by atoms with Crippen LogP contribution >= 0.6 is 0 Å². The molecule has 0 spiro atoms. The number of rotatable bonds is 3. The predicted molar refractivity (Wildman–Crippen MR) is 62.3 cm³/mol. The fourth-order valence-electron chi connectivity index (χ4n) is 2.04. The third-order valence-electron chi connectivity index (χ3n) is 2.73. The van der Waals surface area contributed by atoms with Crippen LogP contribution in [0.15, 0.2) is 30.5 Å². The second kappa shape index (κ2) is 4.13. The molecule has 0 saturated heterocycles. The first-order chi connectivity index (χ1) is 8.00. The normalized spacial score (nSPS) is 11.1. The van der Waals surface area contributed by atoms with Crippen molar-refractivity contribution in [3.63, 3.8) is 0 Å². The van der Waals surface area contributed by atoms with E-state index in [-0.39, 0.29) is 17.4 Å². The molecule has 1 aromatic carbocycles. The molecule has 88 valence electrons. The van der Waals surface area contributed by atoms with E-state index < -0.39 is 6.04 Å². The Morgan fingerprint density at radius 3 is 2.41 bits per heavy atom. The summed E-state index contributed by atoms with van der Waals surface area (Å²) in [7, 11) is 0. The first-order valence-electron chi connectivity index (χ1n) is 5.27. The van der Waals surface area contributed by atoms with Gasteiger partial charge in [-0.25, -0.2) is 4.39 Å². The molecule has 0 atom stereocenters. The van der Waals surface area contributed by atoms with E-state index in [1.807, 2.05) is 0 Å². The molecule has 17 heavy (non-hydrogen) atoms. The van der Waals surface area contributed by atoms with Crippen LogP contribution in [0.3, 0.4) is 0 Å². The Morgan fingerprint density at radius 1 is 1.18 bits per heavy atom. The first-order valence-corrected chi connectivity index (χ1v) is 5.27. The Morgan fingerprint density at radius 2 is 1.82 bits per heavy atom. The van der Waals surface area contributed by atoms with Crippen LogP contribution in [0.4, 0.5) is 4.39 Å². The van der Waals surface area contributed by atoms with Crippen LogP contribution < -0.4 is 0 Å². The molecule has 0 unspecified atom stereocenters. The summed E-state index contributed by atoms with van der Waals surface area (Å²) in [5.41, 5.74) is 0.682. The molecule has 1 aromatic heterocycles. The quantitative estimate of drug-likeness (QED) is 0.764. The van der Waals surface area contributed by atoms with Gasteiger partial charge >= 0.3 is 0 Å². The summed E-state index contributed by atoms with van der Waals surface area (Å²) in [5.74, 6) is -0.781. The smallest absolute Gasteiger partial charge is 0.160 e. The lowest BCUT2D eigenvalue weighted by Crippen LogP contribution is -2.23. The SMILES string of the molecule is CC(=O)C(C(C)=O)n1ccc2cc(F)ccc21. The summed E-state index contributed by atoms with van der Waals surface area (Å²) in [6.45, 7) is 2.75. The van der Waals surface area contributed by atoms with Gasteiger partial charge in [-0.1, -0.05) is 0 Å². The lowest BCUT2D eigenvalue weighted by atomic mass is 10.1. The molecule has 0 fully saturated rings. The Labute approximate surface area is 97.8 Å². The molecule has 3 nitrogen and oxygen atoms in total. The fraction of sp³-hybridized carbons (Fsp3) is 0.231. The van der Waals surface area contributed by atoms with Crippen LogP contribution in [-0.4, -0.2) is 16.1 Å². The molecule has 2 aromatic rings. The first kappa shape index (κ1) is 11.5. The van der Waals surface area contributed by atoms with Gasteiger partial charge in [0.2, 0.25) is 0 Å². The molecule has 0 radical (unpaired) electrons. The Bertz CT molecular complexity index is 586. The predicted octanol–water partition coefficient (Wildman–Crippen LogP) is 2.50. The van der Waals surface area contributed by atoms with Crippen molar-refractivity contribution in [2.45, 2.75) is 19.9 Å². The Balaban J connectivity index is 2.62. The van der Waals surface area contributed by atoms with Gasteiger partial charge in [-0.2, -0.15) is 0 Å². The zero-order valence-electron chi connectivity index (χ0n) is 9.61. The highest BCUT2D eigenvalue weighted by Gasteiger charge is 2.22. The number of hydrogen-bond acceptors (Lipinski definition) is 2. The van der Waals surface area contributed by atoms with Gasteiger partial charge in [0.1, 0.15) is 11.9 Å². The highest BCUT2D eigenvalue weighted by Crippen LogP contribution is 2.22. The van der Waals surface area contributed by atoms with Gasteiger partial charge in [0.05, 0.1) is 0 Å². The van der Waals surface area contributed by atoms with Crippen molar-refractivity contribution >= 4 is 22.5 Å². The molecule has 0 aliphatic heterocycles. The van der Waals surface area contributed by atoms with Gasteiger partial charge < -0.3 is 4.57 Å². The van der Waals surface area contributed by atoms with Crippen molar-refractivity contribution in [1.29, 1.82) is 0 Å². The molecule has 0 aliphatic carbocycles. The highest BCUT2D eigenvalue weighted by molar-refractivity contribution is 6.03. The lowest BCUT2D eigenvalue weighted by molar-refractivity contribution is -0.129. The number of aromatic nitrogens is 1. The van der Waals surface area contributed by atoms with E-state index >= 15 is 0 Å². The minimum Gasteiger partial charge on any atom is -0.330 e. The summed E-state index contributed by atoms with van der Waals surface area (Å²) in [6, 6.07) is 5.14. The minimum atomic E-state index is -0.821. The Kier molecular flexibility index (Phi) is 2.79. The molecule has 0 amide bonds. The van der Waals surface area contributed by atoms with Crippen molar-refractivity contribution in [2.24, 2.45) is 0 Å². The topological polar surface area (TPSA) is 39.1 Å². The standard InChI is InChI=1S/C13H12FNO2/c1-8(16)13(9(2)17)15-6-5-10-7-11(14)3-4-12(10)15/h3-7,13H,1-2H3. The van der Waals surface area contributed by atoms with Gasteiger partial charge in [0.25, 0.3) is 0 Å². The molecule has 0 N–H and O–H groups in total. The summed E-state index contributed by atoms with van der Waals surface area (Å²) in [4.78, 5) is 23.0. The highest BCUT2D eigenvalue weighted by atomic mass is 19.1. The number of Topliss-reactive ketones (excluding diaryl/α,β-unsaturated/α-hetero) is 2. The number of ketones is 2. The molecule has 0 aliphatic rings.